The molecule has 1 heterocycles. The minimum absolute atomic E-state index is 0.00762. The number of sulfonamides is 1. The third-order valence-electron chi connectivity index (χ3n) is 2.27. The lowest BCUT2D eigenvalue weighted by Gasteiger charge is -2.10. The molecule has 0 saturated heterocycles. The molecule has 0 aliphatic carbocycles. The van der Waals surface area contributed by atoms with Crippen LogP contribution in [0.4, 0.5) is 10.1 Å². The molecule has 0 atom stereocenters. The molecule has 5 nitrogen and oxygen atoms in total. The van der Waals surface area contributed by atoms with Crippen LogP contribution in [0.5, 0.6) is 0 Å². The fraction of sp³-hybridized carbons (Fsp3) is 0.100. The lowest BCUT2D eigenvalue weighted by molar-refractivity contribution is 0.582. The van der Waals surface area contributed by atoms with Gasteiger partial charge in [-0.05, 0) is 34.1 Å². The van der Waals surface area contributed by atoms with E-state index in [2.05, 4.69) is 25.8 Å². The highest BCUT2D eigenvalue weighted by molar-refractivity contribution is 9.10. The van der Waals surface area contributed by atoms with Crippen LogP contribution in [-0.4, -0.2) is 18.2 Å². The number of benzene rings is 1. The number of hydrogen-bond donors (Lipinski definition) is 1. The molecule has 0 bridgehead atoms. The molecule has 0 fully saturated rings. The van der Waals surface area contributed by atoms with Crippen molar-refractivity contribution in [3.05, 3.63) is 39.7 Å². The highest BCUT2D eigenvalue weighted by atomic mass is 79.9. The van der Waals surface area contributed by atoms with E-state index in [1.165, 1.54) is 19.3 Å². The van der Waals surface area contributed by atoms with Gasteiger partial charge in [-0.3, -0.25) is 9.40 Å². The molecule has 0 aliphatic heterocycles. The molecule has 0 spiro atoms. The first-order chi connectivity index (χ1) is 8.81. The van der Waals surface area contributed by atoms with E-state index in [0.717, 1.165) is 16.8 Å². The summed E-state index contributed by atoms with van der Waals surface area (Å²) < 4.78 is 41.0. The quantitative estimate of drug-likeness (QED) is 0.906. The first kappa shape index (κ1) is 14.3. The van der Waals surface area contributed by atoms with Crippen LogP contribution in [0.25, 0.3) is 0 Å². The minimum Gasteiger partial charge on any atom is -0.277 e. The summed E-state index contributed by atoms with van der Waals surface area (Å²) in [6.07, 6.45) is 1.23. The van der Waals surface area contributed by atoms with Crippen molar-refractivity contribution < 1.29 is 12.8 Å². The number of aromatic nitrogens is 2. The zero-order valence-electron chi connectivity index (χ0n) is 9.56. The van der Waals surface area contributed by atoms with Gasteiger partial charge in [0, 0.05) is 11.5 Å². The Morgan fingerprint density at radius 2 is 2.16 bits per heavy atom. The molecule has 1 aromatic heterocycles. The van der Waals surface area contributed by atoms with Crippen molar-refractivity contribution in [2.24, 2.45) is 7.05 Å². The third kappa shape index (κ3) is 2.90. The van der Waals surface area contributed by atoms with E-state index < -0.39 is 15.8 Å². The molecule has 0 amide bonds. The molecule has 19 heavy (non-hydrogen) atoms. The molecule has 2 aromatic rings. The normalized spacial score (nSPS) is 11.6. The molecular weight excluding hydrogens is 361 g/mol. The Balaban J connectivity index is 2.42. The van der Waals surface area contributed by atoms with Crippen LogP contribution in [0, 0.1) is 5.82 Å². The van der Waals surface area contributed by atoms with Crippen LogP contribution >= 0.6 is 27.5 Å². The van der Waals surface area contributed by atoms with Gasteiger partial charge in [0.05, 0.1) is 16.9 Å². The summed E-state index contributed by atoms with van der Waals surface area (Å²) in [7, 11) is -2.44. The highest BCUT2D eigenvalue weighted by Gasteiger charge is 2.23. The van der Waals surface area contributed by atoms with Gasteiger partial charge in [-0.25, -0.2) is 4.39 Å². The number of nitrogens with one attached hydrogen (secondary N) is 1. The third-order valence-corrected chi connectivity index (χ3v) is 4.80. The first-order valence-corrected chi connectivity index (χ1v) is 7.62. The summed E-state index contributed by atoms with van der Waals surface area (Å²) in [5.41, 5.74) is 0.207. The van der Waals surface area contributed by atoms with Crippen molar-refractivity contribution in [2.45, 2.75) is 5.03 Å². The molecule has 0 unspecified atom stereocenters. The summed E-state index contributed by atoms with van der Waals surface area (Å²) in [5, 5.41) is 3.60. The van der Waals surface area contributed by atoms with Gasteiger partial charge in [-0.1, -0.05) is 11.6 Å². The van der Waals surface area contributed by atoms with Crippen LogP contribution in [-0.2, 0) is 17.1 Å². The van der Waals surface area contributed by atoms with Crippen LogP contribution in [0.1, 0.15) is 0 Å². The molecule has 1 aromatic carbocycles. The largest absolute Gasteiger partial charge is 0.280 e. The van der Waals surface area contributed by atoms with Crippen molar-refractivity contribution in [2.75, 3.05) is 4.72 Å². The molecule has 0 aliphatic rings. The predicted octanol–water partition coefficient (Wildman–Crippen LogP) is 2.78. The van der Waals surface area contributed by atoms with E-state index in [9.17, 15) is 12.8 Å². The van der Waals surface area contributed by atoms with Gasteiger partial charge >= 0.3 is 0 Å². The smallest absolute Gasteiger partial charge is 0.277 e. The van der Waals surface area contributed by atoms with Gasteiger partial charge in [0.1, 0.15) is 5.82 Å². The second-order valence-corrected chi connectivity index (χ2v) is 6.51. The zero-order chi connectivity index (χ0) is 14.2. The van der Waals surface area contributed by atoms with Gasteiger partial charge < -0.3 is 0 Å². The van der Waals surface area contributed by atoms with E-state index in [1.54, 1.807) is 0 Å². The van der Waals surface area contributed by atoms with Gasteiger partial charge in [-0.15, -0.1) is 0 Å². The van der Waals surface area contributed by atoms with E-state index in [1.807, 2.05) is 0 Å². The average molecular weight is 369 g/mol. The van der Waals surface area contributed by atoms with Gasteiger partial charge in [0.15, 0.2) is 5.03 Å². The van der Waals surface area contributed by atoms with Crippen molar-refractivity contribution in [3.63, 3.8) is 0 Å². The SMILES string of the molecule is Cn1ncc(Cl)c1S(=O)(=O)Nc1ccc(F)cc1Br. The summed E-state index contributed by atoms with van der Waals surface area (Å²) in [6.45, 7) is 0. The predicted molar refractivity (Wildman–Crippen MR) is 73.1 cm³/mol. The summed E-state index contributed by atoms with van der Waals surface area (Å²) in [6, 6.07) is 3.61. The van der Waals surface area contributed by atoms with Gasteiger partial charge in [0.25, 0.3) is 10.0 Å². The van der Waals surface area contributed by atoms with Crippen LogP contribution < -0.4 is 4.72 Å². The summed E-state index contributed by atoms with van der Waals surface area (Å²) >= 11 is 8.86. The molecule has 9 heteroatoms. The molecule has 0 radical (unpaired) electrons. The Morgan fingerprint density at radius 1 is 1.47 bits per heavy atom. The lowest BCUT2D eigenvalue weighted by atomic mass is 10.3. The topological polar surface area (TPSA) is 64.0 Å². The van der Waals surface area contributed by atoms with Crippen LogP contribution in [0.3, 0.4) is 0 Å². The maximum atomic E-state index is 12.9. The van der Waals surface area contributed by atoms with E-state index >= 15 is 0 Å². The Bertz CT molecular complexity index is 713. The molecule has 0 saturated carbocycles. The second-order valence-electron chi connectivity index (χ2n) is 3.65. The van der Waals surface area contributed by atoms with E-state index in [4.69, 9.17) is 11.6 Å². The number of nitrogens with zero attached hydrogens (tertiary/aromatic N) is 2. The fourth-order valence-electron chi connectivity index (χ4n) is 1.47. The van der Waals surface area contributed by atoms with Gasteiger partial charge in [0.2, 0.25) is 0 Å². The summed E-state index contributed by atoms with van der Waals surface area (Å²) in [5.74, 6) is -0.478. The summed E-state index contributed by atoms with van der Waals surface area (Å²) in [4.78, 5) is 0. The highest BCUT2D eigenvalue weighted by Crippen LogP contribution is 2.27. The first-order valence-electron chi connectivity index (χ1n) is 4.96. The Kier molecular flexibility index (Phi) is 3.84. The van der Waals surface area contributed by atoms with Crippen LogP contribution in [0.15, 0.2) is 33.9 Å². The van der Waals surface area contributed by atoms with Crippen molar-refractivity contribution in [1.82, 2.24) is 9.78 Å². The molecule has 2 rings (SSSR count). The lowest BCUT2D eigenvalue weighted by Crippen LogP contribution is -2.17. The van der Waals surface area contributed by atoms with Gasteiger partial charge in [-0.2, -0.15) is 13.5 Å². The van der Waals surface area contributed by atoms with Crippen molar-refractivity contribution in [1.29, 1.82) is 0 Å². The second kappa shape index (κ2) is 5.10. The number of aryl methyl sites for hydroxylation is 1. The number of halogens is 3. The number of hydrogen-bond acceptors (Lipinski definition) is 3. The van der Waals surface area contributed by atoms with E-state index in [-0.39, 0.29) is 20.2 Å². The Labute approximate surface area is 122 Å². The maximum absolute atomic E-state index is 12.9. The van der Waals surface area contributed by atoms with Crippen LogP contribution in [0.2, 0.25) is 5.02 Å². The standard InChI is InChI=1S/C10H8BrClFN3O2S/c1-16-10(8(12)5-14-16)19(17,18)15-9-3-2-6(13)4-7(9)11/h2-5,15H,1H3. The van der Waals surface area contributed by atoms with E-state index in [0.29, 0.717) is 0 Å². The number of rotatable bonds is 3. The zero-order valence-corrected chi connectivity index (χ0v) is 12.7. The Morgan fingerprint density at radius 3 is 2.68 bits per heavy atom. The Hall–Kier alpha value is -1.12. The average Bonchev–Trinajstić information content (AvgIpc) is 2.63. The monoisotopic (exact) mass is 367 g/mol. The fourth-order valence-corrected chi connectivity index (χ4v) is 3.79. The molecular formula is C10H8BrClFN3O2S. The maximum Gasteiger partial charge on any atom is 0.280 e. The molecule has 102 valence electrons. The molecule has 1 N–H and O–H groups in total. The van der Waals surface area contributed by atoms with Crippen molar-refractivity contribution >= 4 is 43.2 Å². The minimum atomic E-state index is -3.90. The number of anilines is 1. The van der Waals surface area contributed by atoms with Crippen molar-refractivity contribution in [3.8, 4) is 0 Å².